The summed E-state index contributed by atoms with van der Waals surface area (Å²) in [5.74, 6) is 0.690. The Morgan fingerprint density at radius 2 is 1.72 bits per heavy atom. The van der Waals surface area contributed by atoms with Crippen LogP contribution in [0, 0.1) is 31.5 Å². The molecular formula is C30H37F4N3O2. The van der Waals surface area contributed by atoms with Gasteiger partial charge in [0.05, 0.1) is 30.8 Å². The number of rotatable bonds is 10. The predicted octanol–water partition coefficient (Wildman–Crippen LogP) is 8.02. The number of aliphatic imine (C=N–C) groups is 1. The lowest BCUT2D eigenvalue weighted by Gasteiger charge is -2.29. The number of alkyl halides is 3. The van der Waals surface area contributed by atoms with Crippen LogP contribution in [0.5, 0.6) is 11.5 Å². The number of hydrogen-bond acceptors (Lipinski definition) is 5. The Balaban J connectivity index is 1.84. The molecule has 2 aromatic carbocycles. The minimum absolute atomic E-state index is 0.00678. The van der Waals surface area contributed by atoms with Gasteiger partial charge in [-0.15, -0.1) is 0 Å². The summed E-state index contributed by atoms with van der Waals surface area (Å²) in [5, 5.41) is 3.97. The second-order valence-corrected chi connectivity index (χ2v) is 10.4. The summed E-state index contributed by atoms with van der Waals surface area (Å²) in [7, 11) is 1.62. The Morgan fingerprint density at radius 1 is 1.03 bits per heavy atom. The molecule has 1 heterocycles. The molecule has 5 nitrogen and oxygen atoms in total. The molecule has 9 heteroatoms. The van der Waals surface area contributed by atoms with Crippen molar-refractivity contribution < 1.29 is 27.0 Å². The highest BCUT2D eigenvalue weighted by atomic mass is 19.4. The number of methoxy groups -OCH3 is 1. The number of aryl methyl sites for hydroxylation is 2. The lowest BCUT2D eigenvalue weighted by molar-refractivity contribution is -0.137. The molecule has 0 aliphatic rings. The fourth-order valence-electron chi connectivity index (χ4n) is 4.46. The maximum atomic E-state index is 14.0. The summed E-state index contributed by atoms with van der Waals surface area (Å²) < 4.78 is 65.5. The molecule has 0 fully saturated rings. The van der Waals surface area contributed by atoms with Gasteiger partial charge in [0, 0.05) is 34.1 Å². The Labute approximate surface area is 227 Å². The van der Waals surface area contributed by atoms with Crippen molar-refractivity contribution in [1.82, 2.24) is 4.98 Å². The van der Waals surface area contributed by atoms with Crippen LogP contribution in [0.25, 0.3) is 10.9 Å². The molecule has 0 radical (unpaired) electrons. The number of ether oxygens (including phenoxy) is 2. The molecule has 212 valence electrons. The average molecular weight is 548 g/mol. The number of aromatic nitrogens is 1. The lowest BCUT2D eigenvalue weighted by Crippen LogP contribution is -2.37. The third-order valence-corrected chi connectivity index (χ3v) is 7.00. The zero-order valence-electron chi connectivity index (χ0n) is 23.7. The van der Waals surface area contributed by atoms with Gasteiger partial charge in [-0.3, -0.25) is 9.98 Å². The number of pyridine rings is 1. The van der Waals surface area contributed by atoms with Crippen molar-refractivity contribution in [2.75, 3.05) is 19.0 Å². The number of anilines is 1. The summed E-state index contributed by atoms with van der Waals surface area (Å²) in [6, 6.07) is 7.78. The van der Waals surface area contributed by atoms with Gasteiger partial charge in [0.2, 0.25) is 0 Å². The van der Waals surface area contributed by atoms with Crippen LogP contribution in [0.2, 0.25) is 0 Å². The van der Waals surface area contributed by atoms with Gasteiger partial charge in [0.25, 0.3) is 0 Å². The number of benzene rings is 2. The maximum Gasteiger partial charge on any atom is 0.416 e. The molecule has 0 saturated heterocycles. The third kappa shape index (κ3) is 7.40. The third-order valence-electron chi connectivity index (χ3n) is 7.00. The molecule has 3 unspecified atom stereocenters. The highest BCUT2D eigenvalue weighted by Gasteiger charge is 2.32. The second-order valence-electron chi connectivity index (χ2n) is 10.4. The number of nitrogens with one attached hydrogen (secondary N) is 1. The molecule has 3 atom stereocenters. The van der Waals surface area contributed by atoms with Crippen LogP contribution >= 0.6 is 0 Å². The van der Waals surface area contributed by atoms with E-state index in [1.54, 1.807) is 7.11 Å². The molecule has 3 rings (SSSR count). The molecule has 0 bridgehead atoms. The van der Waals surface area contributed by atoms with E-state index in [0.29, 0.717) is 24.1 Å². The summed E-state index contributed by atoms with van der Waals surface area (Å²) in [6.45, 7) is 14.0. The van der Waals surface area contributed by atoms with Crippen LogP contribution in [-0.2, 0) is 6.18 Å². The average Bonchev–Trinajstić information content (AvgIpc) is 2.85. The first-order valence-corrected chi connectivity index (χ1v) is 13.0. The van der Waals surface area contributed by atoms with Crippen molar-refractivity contribution in [3.8, 4) is 11.5 Å². The van der Waals surface area contributed by atoms with E-state index in [9.17, 15) is 17.6 Å². The van der Waals surface area contributed by atoms with Crippen molar-refractivity contribution in [2.24, 2.45) is 16.8 Å². The van der Waals surface area contributed by atoms with E-state index >= 15 is 0 Å². The SMILES string of the molecule is COc1ccc2c(OC(C)CN=C(C)C(Nc3cc(F)cc(C(F)(F)F)c3)C(C)C(C)C)cc(C)nc2c1C. The molecular weight excluding hydrogens is 510 g/mol. The number of fused-ring (bicyclic) bond motifs is 1. The predicted molar refractivity (Wildman–Crippen MR) is 149 cm³/mol. The fraction of sp³-hybridized carbons (Fsp3) is 0.467. The first-order chi connectivity index (χ1) is 18.2. The molecule has 0 aliphatic carbocycles. The highest BCUT2D eigenvalue weighted by molar-refractivity contribution is 5.90. The quantitative estimate of drug-likeness (QED) is 0.206. The topological polar surface area (TPSA) is 55.7 Å². The van der Waals surface area contributed by atoms with Gasteiger partial charge < -0.3 is 14.8 Å². The summed E-state index contributed by atoms with van der Waals surface area (Å²) in [6.07, 6.45) is -4.94. The zero-order valence-corrected chi connectivity index (χ0v) is 23.7. The number of halogens is 4. The molecule has 0 aliphatic heterocycles. The Morgan fingerprint density at radius 3 is 2.33 bits per heavy atom. The van der Waals surface area contributed by atoms with Crippen molar-refractivity contribution in [1.29, 1.82) is 0 Å². The minimum Gasteiger partial charge on any atom is -0.496 e. The van der Waals surface area contributed by atoms with E-state index in [4.69, 9.17) is 14.5 Å². The monoisotopic (exact) mass is 547 g/mol. The van der Waals surface area contributed by atoms with Gasteiger partial charge in [-0.2, -0.15) is 13.2 Å². The number of hydrogen-bond donors (Lipinski definition) is 1. The van der Waals surface area contributed by atoms with Crippen LogP contribution in [0.3, 0.4) is 0 Å². The standard InChI is InChI=1S/C30H37F4N3O2/c1-16(2)19(5)28(37-24-13-22(30(32,33)34)12-23(31)14-24)21(7)35-15-18(4)39-27-11-17(3)36-29-20(6)26(38-8)10-9-25(27)29/h9-14,16,18-19,28,37H,15H2,1-8H3. The second kappa shape index (κ2) is 12.2. The van der Waals surface area contributed by atoms with E-state index < -0.39 is 23.6 Å². The smallest absolute Gasteiger partial charge is 0.416 e. The van der Waals surface area contributed by atoms with Crippen LogP contribution in [-0.4, -0.2) is 36.5 Å². The zero-order chi connectivity index (χ0) is 29.1. The first-order valence-electron chi connectivity index (χ1n) is 13.0. The Hall–Kier alpha value is -3.36. The van der Waals surface area contributed by atoms with Crippen LogP contribution < -0.4 is 14.8 Å². The van der Waals surface area contributed by atoms with Gasteiger partial charge in [-0.05, 0) is 69.9 Å². The van der Waals surface area contributed by atoms with Gasteiger partial charge in [0.1, 0.15) is 23.4 Å². The maximum absolute atomic E-state index is 14.0. The van der Waals surface area contributed by atoms with Crippen molar-refractivity contribution in [3.63, 3.8) is 0 Å². The van der Waals surface area contributed by atoms with Gasteiger partial charge in [-0.25, -0.2) is 4.39 Å². The lowest BCUT2D eigenvalue weighted by atomic mass is 9.87. The molecule has 1 aromatic heterocycles. The molecule has 39 heavy (non-hydrogen) atoms. The summed E-state index contributed by atoms with van der Waals surface area (Å²) in [5.41, 5.74) is 2.26. The van der Waals surface area contributed by atoms with Crippen LogP contribution in [0.15, 0.2) is 41.4 Å². The molecule has 3 aromatic rings. The Bertz CT molecular complexity index is 1340. The minimum atomic E-state index is -4.65. The molecule has 0 amide bonds. The van der Waals surface area contributed by atoms with E-state index in [1.165, 1.54) is 0 Å². The van der Waals surface area contributed by atoms with Gasteiger partial charge >= 0.3 is 6.18 Å². The molecule has 0 spiro atoms. The fourth-order valence-corrected chi connectivity index (χ4v) is 4.46. The van der Waals surface area contributed by atoms with Gasteiger partial charge in [-0.1, -0.05) is 20.8 Å². The van der Waals surface area contributed by atoms with Crippen molar-refractivity contribution in [2.45, 2.75) is 66.8 Å². The largest absolute Gasteiger partial charge is 0.496 e. The van der Waals surface area contributed by atoms with Crippen LogP contribution in [0.1, 0.15) is 51.4 Å². The van der Waals surface area contributed by atoms with Crippen LogP contribution in [0.4, 0.5) is 23.2 Å². The van der Waals surface area contributed by atoms with E-state index in [-0.39, 0.29) is 23.6 Å². The van der Waals surface area contributed by atoms with E-state index in [2.05, 4.69) is 10.3 Å². The Kier molecular flexibility index (Phi) is 9.46. The van der Waals surface area contributed by atoms with Crippen molar-refractivity contribution >= 4 is 22.3 Å². The highest BCUT2D eigenvalue weighted by Crippen LogP contribution is 2.34. The van der Waals surface area contributed by atoms with E-state index in [0.717, 1.165) is 40.0 Å². The normalized spacial score (nSPS) is 14.8. The summed E-state index contributed by atoms with van der Waals surface area (Å²) >= 11 is 0. The number of nitrogens with zero attached hydrogens (tertiary/aromatic N) is 2. The molecule has 1 N–H and O–H groups in total. The summed E-state index contributed by atoms with van der Waals surface area (Å²) in [4.78, 5) is 9.40. The first kappa shape index (κ1) is 30.2. The van der Waals surface area contributed by atoms with Crippen molar-refractivity contribution in [3.05, 3.63) is 59.0 Å². The molecule has 0 saturated carbocycles. The van der Waals surface area contributed by atoms with E-state index in [1.807, 2.05) is 66.7 Å². The van der Waals surface area contributed by atoms with Gasteiger partial charge in [0.15, 0.2) is 0 Å².